The van der Waals surface area contributed by atoms with Crippen molar-refractivity contribution in [1.82, 2.24) is 4.98 Å². The van der Waals surface area contributed by atoms with Gasteiger partial charge in [0.05, 0.1) is 6.10 Å². The summed E-state index contributed by atoms with van der Waals surface area (Å²) in [6.45, 7) is 11.8. The van der Waals surface area contributed by atoms with Gasteiger partial charge in [-0.2, -0.15) is 0 Å². The SMILES string of the molecule is CC(C)(C)CC(C)(C)[C@H]1CC[C@@H](Oc2c(Cl)cncc2Cl)CC1. The maximum Gasteiger partial charge on any atom is 0.160 e. The van der Waals surface area contributed by atoms with Crippen LogP contribution in [0.4, 0.5) is 0 Å². The highest BCUT2D eigenvalue weighted by atomic mass is 35.5. The van der Waals surface area contributed by atoms with E-state index in [4.69, 9.17) is 27.9 Å². The first-order chi connectivity index (χ1) is 10.6. The molecule has 1 aromatic rings. The van der Waals surface area contributed by atoms with Crippen molar-refractivity contribution >= 4 is 23.2 Å². The summed E-state index contributed by atoms with van der Waals surface area (Å²) in [4.78, 5) is 3.97. The van der Waals surface area contributed by atoms with Crippen molar-refractivity contribution in [1.29, 1.82) is 0 Å². The van der Waals surface area contributed by atoms with Gasteiger partial charge in [0.15, 0.2) is 5.75 Å². The van der Waals surface area contributed by atoms with Crippen LogP contribution in [0, 0.1) is 16.7 Å². The molecular formula is C19H29Cl2NO. The molecule has 0 N–H and O–H groups in total. The molecule has 0 bridgehead atoms. The summed E-state index contributed by atoms with van der Waals surface area (Å²) < 4.78 is 6.07. The van der Waals surface area contributed by atoms with E-state index in [1.54, 1.807) is 12.4 Å². The Morgan fingerprint density at radius 1 is 1.00 bits per heavy atom. The van der Waals surface area contributed by atoms with Gasteiger partial charge in [-0.1, -0.05) is 57.8 Å². The molecule has 0 amide bonds. The maximum atomic E-state index is 6.15. The molecule has 1 aromatic heterocycles. The van der Waals surface area contributed by atoms with E-state index in [1.807, 2.05) is 0 Å². The Kier molecular flexibility index (Phi) is 5.90. The van der Waals surface area contributed by atoms with Crippen molar-refractivity contribution in [2.45, 2.75) is 72.8 Å². The van der Waals surface area contributed by atoms with Crippen LogP contribution in [0.2, 0.25) is 10.0 Å². The standard InChI is InChI=1S/C19H29Cl2NO/c1-18(2,3)12-19(4,5)13-6-8-14(9-7-13)23-17-15(20)10-22-11-16(17)21/h10-11,13-14H,6-9,12H2,1-5H3/t13-,14+. The predicted octanol–water partition coefficient (Wildman–Crippen LogP) is 6.79. The molecule has 23 heavy (non-hydrogen) atoms. The van der Waals surface area contributed by atoms with Gasteiger partial charge in [0.2, 0.25) is 0 Å². The second kappa shape index (κ2) is 7.19. The summed E-state index contributed by atoms with van der Waals surface area (Å²) >= 11 is 12.3. The Morgan fingerprint density at radius 3 is 2.00 bits per heavy atom. The van der Waals surface area contributed by atoms with Crippen molar-refractivity contribution in [3.63, 3.8) is 0 Å². The van der Waals surface area contributed by atoms with Gasteiger partial charge in [-0.15, -0.1) is 0 Å². The number of aromatic nitrogens is 1. The fourth-order valence-corrected chi connectivity index (χ4v) is 4.61. The molecule has 1 heterocycles. The second-order valence-electron chi connectivity index (χ2n) is 8.75. The number of pyridine rings is 1. The smallest absolute Gasteiger partial charge is 0.160 e. The predicted molar refractivity (Wildman–Crippen MR) is 98.5 cm³/mol. The largest absolute Gasteiger partial charge is 0.487 e. The van der Waals surface area contributed by atoms with Crippen molar-refractivity contribution in [3.8, 4) is 5.75 Å². The van der Waals surface area contributed by atoms with Crippen molar-refractivity contribution in [3.05, 3.63) is 22.4 Å². The Morgan fingerprint density at radius 2 is 1.52 bits per heavy atom. The highest BCUT2D eigenvalue weighted by Crippen LogP contribution is 2.46. The number of rotatable bonds is 4. The van der Waals surface area contributed by atoms with Crippen LogP contribution < -0.4 is 4.74 Å². The number of ether oxygens (including phenoxy) is 1. The molecule has 0 spiro atoms. The summed E-state index contributed by atoms with van der Waals surface area (Å²) in [6, 6.07) is 0. The molecule has 0 aliphatic heterocycles. The molecule has 0 atom stereocenters. The lowest BCUT2D eigenvalue weighted by molar-refractivity contribution is 0.0556. The van der Waals surface area contributed by atoms with Gasteiger partial charge in [0, 0.05) is 12.4 Å². The molecule has 130 valence electrons. The summed E-state index contributed by atoms with van der Waals surface area (Å²) in [5.74, 6) is 1.34. The van der Waals surface area contributed by atoms with Gasteiger partial charge in [-0.05, 0) is 48.9 Å². The topological polar surface area (TPSA) is 22.1 Å². The molecule has 1 saturated carbocycles. The number of halogens is 2. The molecule has 2 nitrogen and oxygen atoms in total. The quantitative estimate of drug-likeness (QED) is 0.591. The van der Waals surface area contributed by atoms with Gasteiger partial charge in [0.1, 0.15) is 10.0 Å². The van der Waals surface area contributed by atoms with E-state index in [0.29, 0.717) is 26.6 Å². The molecular weight excluding hydrogens is 329 g/mol. The van der Waals surface area contributed by atoms with E-state index in [-0.39, 0.29) is 6.10 Å². The van der Waals surface area contributed by atoms with Crippen LogP contribution in [0.1, 0.15) is 66.7 Å². The fourth-order valence-electron chi connectivity index (χ4n) is 4.15. The van der Waals surface area contributed by atoms with Gasteiger partial charge in [-0.3, -0.25) is 4.98 Å². The van der Waals surface area contributed by atoms with Gasteiger partial charge in [-0.25, -0.2) is 0 Å². The first-order valence-corrected chi connectivity index (χ1v) is 9.30. The number of nitrogens with zero attached hydrogens (tertiary/aromatic N) is 1. The van der Waals surface area contributed by atoms with E-state index in [9.17, 15) is 0 Å². The maximum absolute atomic E-state index is 6.15. The number of hydrogen-bond acceptors (Lipinski definition) is 2. The van der Waals surface area contributed by atoms with Crippen molar-refractivity contribution < 1.29 is 4.74 Å². The van der Waals surface area contributed by atoms with Crippen LogP contribution in [-0.2, 0) is 0 Å². The first kappa shape index (κ1) is 18.9. The minimum absolute atomic E-state index is 0.203. The zero-order valence-electron chi connectivity index (χ0n) is 15.0. The van der Waals surface area contributed by atoms with Crippen molar-refractivity contribution in [2.24, 2.45) is 16.7 Å². The lowest BCUT2D eigenvalue weighted by Crippen LogP contribution is -2.34. The molecule has 4 heteroatoms. The summed E-state index contributed by atoms with van der Waals surface area (Å²) in [7, 11) is 0. The number of hydrogen-bond donors (Lipinski definition) is 0. The summed E-state index contributed by atoms with van der Waals surface area (Å²) in [5, 5.41) is 0.986. The average molecular weight is 358 g/mol. The van der Waals surface area contributed by atoms with E-state index < -0.39 is 0 Å². The monoisotopic (exact) mass is 357 g/mol. The zero-order valence-corrected chi connectivity index (χ0v) is 16.5. The third kappa shape index (κ3) is 5.26. The molecule has 2 rings (SSSR count). The van der Waals surface area contributed by atoms with Crippen LogP contribution in [0.25, 0.3) is 0 Å². The third-order valence-corrected chi connectivity index (χ3v) is 5.40. The van der Waals surface area contributed by atoms with E-state index in [2.05, 4.69) is 39.6 Å². The van der Waals surface area contributed by atoms with Crippen LogP contribution in [0.15, 0.2) is 12.4 Å². The molecule has 1 fully saturated rings. The first-order valence-electron chi connectivity index (χ1n) is 8.54. The minimum Gasteiger partial charge on any atom is -0.487 e. The average Bonchev–Trinajstić information content (AvgIpc) is 2.41. The lowest BCUT2D eigenvalue weighted by Gasteiger charge is -2.42. The Labute approximate surface area is 150 Å². The van der Waals surface area contributed by atoms with E-state index >= 15 is 0 Å². The molecule has 1 aliphatic rings. The minimum atomic E-state index is 0.203. The Hall–Kier alpha value is -0.470. The van der Waals surface area contributed by atoms with E-state index in [0.717, 1.165) is 18.8 Å². The van der Waals surface area contributed by atoms with Crippen LogP contribution >= 0.6 is 23.2 Å². The highest BCUT2D eigenvalue weighted by molar-refractivity contribution is 6.36. The molecule has 0 radical (unpaired) electrons. The Balaban J connectivity index is 1.94. The van der Waals surface area contributed by atoms with E-state index in [1.165, 1.54) is 19.3 Å². The molecule has 1 aliphatic carbocycles. The zero-order chi connectivity index (χ0) is 17.3. The van der Waals surface area contributed by atoms with Crippen molar-refractivity contribution in [2.75, 3.05) is 0 Å². The molecule has 0 saturated heterocycles. The normalized spacial score (nSPS) is 22.9. The molecule has 0 aromatic carbocycles. The Bertz CT molecular complexity index is 508. The van der Waals surface area contributed by atoms with Crippen LogP contribution in [0.3, 0.4) is 0 Å². The van der Waals surface area contributed by atoms with Crippen LogP contribution in [0.5, 0.6) is 5.75 Å². The van der Waals surface area contributed by atoms with Gasteiger partial charge >= 0.3 is 0 Å². The van der Waals surface area contributed by atoms with Gasteiger partial charge in [0.25, 0.3) is 0 Å². The molecule has 0 unspecified atom stereocenters. The fraction of sp³-hybridized carbons (Fsp3) is 0.737. The van der Waals surface area contributed by atoms with Crippen LogP contribution in [-0.4, -0.2) is 11.1 Å². The highest BCUT2D eigenvalue weighted by Gasteiger charge is 2.36. The third-order valence-electron chi connectivity index (χ3n) is 4.86. The van der Waals surface area contributed by atoms with Gasteiger partial charge < -0.3 is 4.74 Å². The summed E-state index contributed by atoms with van der Waals surface area (Å²) in [6.07, 6.45) is 9.15. The summed E-state index contributed by atoms with van der Waals surface area (Å²) in [5.41, 5.74) is 0.740. The second-order valence-corrected chi connectivity index (χ2v) is 9.56. The lowest BCUT2D eigenvalue weighted by atomic mass is 9.64.